The minimum atomic E-state index is -0.564. The van der Waals surface area contributed by atoms with E-state index in [9.17, 15) is 24.5 Å². The van der Waals surface area contributed by atoms with E-state index in [0.29, 0.717) is 16.9 Å². The van der Waals surface area contributed by atoms with Crippen LogP contribution in [0.4, 0.5) is 17.1 Å². The van der Waals surface area contributed by atoms with Gasteiger partial charge in [0.1, 0.15) is 0 Å². The van der Waals surface area contributed by atoms with Gasteiger partial charge in [0.25, 0.3) is 11.6 Å². The van der Waals surface area contributed by atoms with Crippen LogP contribution in [0.3, 0.4) is 0 Å². The molecule has 2 N–H and O–H groups in total. The molecule has 1 aliphatic rings. The van der Waals surface area contributed by atoms with Gasteiger partial charge in [-0.25, -0.2) is 0 Å². The lowest BCUT2D eigenvalue weighted by Gasteiger charge is -2.16. The fourth-order valence-electron chi connectivity index (χ4n) is 3.85. The summed E-state index contributed by atoms with van der Waals surface area (Å²) >= 11 is 0. The van der Waals surface area contributed by atoms with E-state index in [1.165, 1.54) is 29.2 Å². The fraction of sp³-hybridized carbons (Fsp3) is 0.208. The van der Waals surface area contributed by atoms with E-state index in [4.69, 9.17) is 0 Å². The first-order chi connectivity index (χ1) is 16.2. The highest BCUT2D eigenvalue weighted by atomic mass is 16.6. The Morgan fingerprint density at radius 1 is 0.971 bits per heavy atom. The number of aromatic nitrogens is 1. The van der Waals surface area contributed by atoms with Gasteiger partial charge in [-0.15, -0.1) is 0 Å². The Hall–Kier alpha value is -4.47. The summed E-state index contributed by atoms with van der Waals surface area (Å²) in [6.45, 7) is 3.96. The number of amides is 3. The first-order valence-corrected chi connectivity index (χ1v) is 10.6. The smallest absolute Gasteiger partial charge is 0.270 e. The normalized spacial score (nSPS) is 15.3. The molecule has 10 heteroatoms. The molecule has 3 aromatic rings. The Morgan fingerprint density at radius 3 is 2.18 bits per heavy atom. The molecule has 0 bridgehead atoms. The fourth-order valence-corrected chi connectivity index (χ4v) is 3.85. The molecule has 3 amide bonds. The number of rotatable bonds is 6. The van der Waals surface area contributed by atoms with Crippen molar-refractivity contribution < 1.29 is 19.3 Å². The Labute approximate surface area is 195 Å². The Kier molecular flexibility index (Phi) is 6.13. The highest BCUT2D eigenvalue weighted by Crippen LogP contribution is 2.27. The lowest BCUT2D eigenvalue weighted by atomic mass is 10.1. The second-order valence-electron chi connectivity index (χ2n) is 8.14. The number of carbonyl (C=O) groups excluding carboxylic acids is 3. The molecule has 1 saturated heterocycles. The number of aryl methyl sites for hydroxylation is 2. The van der Waals surface area contributed by atoms with Gasteiger partial charge >= 0.3 is 0 Å². The number of benzene rings is 2. The third-order valence-corrected chi connectivity index (χ3v) is 5.77. The molecule has 10 nitrogen and oxygen atoms in total. The molecule has 1 aromatic heterocycles. The zero-order valence-electron chi connectivity index (χ0n) is 18.6. The van der Waals surface area contributed by atoms with Gasteiger partial charge in [0.05, 0.1) is 10.8 Å². The van der Waals surface area contributed by atoms with E-state index >= 15 is 0 Å². The number of anilines is 2. The van der Waals surface area contributed by atoms with E-state index in [2.05, 4.69) is 10.7 Å². The zero-order chi connectivity index (χ0) is 24.4. The summed E-state index contributed by atoms with van der Waals surface area (Å²) in [5.74, 6) is -1.38. The minimum Gasteiger partial charge on any atom is -0.326 e. The van der Waals surface area contributed by atoms with Crippen molar-refractivity contribution in [2.24, 2.45) is 5.92 Å². The van der Waals surface area contributed by atoms with Crippen molar-refractivity contribution in [3.63, 3.8) is 0 Å². The summed E-state index contributed by atoms with van der Waals surface area (Å²) in [6, 6.07) is 16.0. The van der Waals surface area contributed by atoms with Crippen LogP contribution in [0.15, 0.2) is 60.7 Å². The summed E-state index contributed by atoms with van der Waals surface area (Å²) in [6.07, 6.45) is 0.0406. The van der Waals surface area contributed by atoms with Gasteiger partial charge in [-0.05, 0) is 62.4 Å². The van der Waals surface area contributed by atoms with Crippen LogP contribution in [0, 0.1) is 29.9 Å². The standard InChI is InChI=1S/C24H23N5O5/c1-15-3-4-16(2)28(15)26-24(32)17-5-7-19(8-6-17)25-23(31)18-13-22(30)27(14-18)20-9-11-21(12-10-20)29(33)34/h3-12,18H,13-14H2,1-2H3,(H,25,31)(H,26,32)/t18-/m1/s1. The first kappa shape index (κ1) is 22.7. The quantitative estimate of drug-likeness (QED) is 0.430. The van der Waals surface area contributed by atoms with Crippen LogP contribution in [0.25, 0.3) is 0 Å². The molecule has 2 heterocycles. The lowest BCUT2D eigenvalue weighted by molar-refractivity contribution is -0.384. The largest absolute Gasteiger partial charge is 0.326 e. The van der Waals surface area contributed by atoms with Gasteiger partial charge in [0, 0.05) is 53.4 Å². The third-order valence-electron chi connectivity index (χ3n) is 5.77. The molecule has 1 aliphatic heterocycles. The molecule has 0 aliphatic carbocycles. The maximum atomic E-state index is 12.7. The average molecular weight is 461 g/mol. The van der Waals surface area contributed by atoms with E-state index in [-0.39, 0.29) is 36.4 Å². The van der Waals surface area contributed by atoms with Gasteiger partial charge in [0.2, 0.25) is 11.8 Å². The number of hydrogen-bond donors (Lipinski definition) is 2. The highest BCUT2D eigenvalue weighted by molar-refractivity contribution is 6.04. The van der Waals surface area contributed by atoms with Crippen molar-refractivity contribution in [1.29, 1.82) is 0 Å². The van der Waals surface area contributed by atoms with Gasteiger partial charge in [-0.3, -0.25) is 34.6 Å². The minimum absolute atomic E-state index is 0.0406. The van der Waals surface area contributed by atoms with Crippen molar-refractivity contribution in [2.45, 2.75) is 20.3 Å². The van der Waals surface area contributed by atoms with E-state index < -0.39 is 10.8 Å². The third kappa shape index (κ3) is 4.65. The summed E-state index contributed by atoms with van der Waals surface area (Å²) in [4.78, 5) is 49.4. The number of nitrogens with one attached hydrogen (secondary N) is 2. The monoisotopic (exact) mass is 461 g/mol. The van der Waals surface area contributed by atoms with Gasteiger partial charge in [-0.1, -0.05) is 0 Å². The number of nitro benzene ring substituents is 1. The molecule has 0 radical (unpaired) electrons. The average Bonchev–Trinajstić information content (AvgIpc) is 3.36. The molecule has 1 fully saturated rings. The number of nitro groups is 1. The Bertz CT molecular complexity index is 1240. The maximum absolute atomic E-state index is 12.7. The molecule has 4 rings (SSSR count). The van der Waals surface area contributed by atoms with Crippen molar-refractivity contribution in [3.8, 4) is 0 Å². The van der Waals surface area contributed by atoms with Gasteiger partial charge in [0.15, 0.2) is 0 Å². The van der Waals surface area contributed by atoms with Crippen LogP contribution in [0.5, 0.6) is 0 Å². The van der Waals surface area contributed by atoms with Crippen LogP contribution in [-0.2, 0) is 9.59 Å². The van der Waals surface area contributed by atoms with Crippen LogP contribution < -0.4 is 15.6 Å². The number of hydrogen-bond acceptors (Lipinski definition) is 5. The zero-order valence-corrected chi connectivity index (χ0v) is 18.6. The SMILES string of the molecule is Cc1ccc(C)n1NC(=O)c1ccc(NC(=O)[C@@H]2CC(=O)N(c3ccc([N+](=O)[O-])cc3)C2)cc1. The van der Waals surface area contributed by atoms with Crippen LogP contribution in [-0.4, -0.2) is 33.9 Å². The molecular weight excluding hydrogens is 438 g/mol. The highest BCUT2D eigenvalue weighted by Gasteiger charge is 2.35. The summed E-state index contributed by atoms with van der Waals surface area (Å²) < 4.78 is 1.70. The predicted molar refractivity (Wildman–Crippen MR) is 126 cm³/mol. The maximum Gasteiger partial charge on any atom is 0.270 e. The molecule has 0 unspecified atom stereocenters. The molecule has 174 valence electrons. The Balaban J connectivity index is 1.37. The van der Waals surface area contributed by atoms with E-state index in [1.54, 1.807) is 28.9 Å². The Morgan fingerprint density at radius 2 is 1.59 bits per heavy atom. The van der Waals surface area contributed by atoms with E-state index in [0.717, 1.165) is 11.4 Å². The van der Waals surface area contributed by atoms with Crippen LogP contribution >= 0.6 is 0 Å². The molecule has 0 spiro atoms. The molecule has 0 saturated carbocycles. The lowest BCUT2D eigenvalue weighted by Crippen LogP contribution is -2.28. The number of non-ortho nitro benzene ring substituents is 1. The van der Waals surface area contributed by atoms with Crippen molar-refractivity contribution in [1.82, 2.24) is 4.68 Å². The van der Waals surface area contributed by atoms with Crippen LogP contribution in [0.2, 0.25) is 0 Å². The van der Waals surface area contributed by atoms with Crippen molar-refractivity contribution >= 4 is 34.8 Å². The molecule has 34 heavy (non-hydrogen) atoms. The second kappa shape index (κ2) is 9.18. The van der Waals surface area contributed by atoms with Crippen molar-refractivity contribution in [2.75, 3.05) is 22.2 Å². The molecule has 1 atom stereocenters. The summed E-state index contributed by atoms with van der Waals surface area (Å²) in [5.41, 5.74) is 6.02. The van der Waals surface area contributed by atoms with Gasteiger partial charge in [-0.2, -0.15) is 0 Å². The molecular formula is C24H23N5O5. The first-order valence-electron chi connectivity index (χ1n) is 10.6. The summed E-state index contributed by atoms with van der Waals surface area (Å²) in [5, 5.41) is 13.6. The summed E-state index contributed by atoms with van der Waals surface area (Å²) in [7, 11) is 0. The second-order valence-corrected chi connectivity index (χ2v) is 8.14. The number of carbonyl (C=O) groups is 3. The molecule has 2 aromatic carbocycles. The van der Waals surface area contributed by atoms with Crippen molar-refractivity contribution in [3.05, 3.63) is 87.7 Å². The van der Waals surface area contributed by atoms with E-state index in [1.807, 2.05) is 26.0 Å². The predicted octanol–water partition coefficient (Wildman–Crippen LogP) is 3.39. The van der Waals surface area contributed by atoms with Gasteiger partial charge < -0.3 is 10.2 Å². The topological polar surface area (TPSA) is 127 Å². The van der Waals surface area contributed by atoms with Crippen LogP contribution in [0.1, 0.15) is 28.2 Å². The number of nitrogens with zero attached hydrogens (tertiary/aromatic N) is 3.